The van der Waals surface area contributed by atoms with Crippen LogP contribution in [0.4, 0.5) is 5.82 Å². The smallest absolute Gasteiger partial charge is 0.128 e. The Bertz CT molecular complexity index is 447. The third kappa shape index (κ3) is 3.43. The molecule has 0 bridgehead atoms. The molecule has 0 spiro atoms. The third-order valence-electron chi connectivity index (χ3n) is 3.94. The summed E-state index contributed by atoms with van der Waals surface area (Å²) in [4.78, 5) is 4.18. The molecule has 2 atom stereocenters. The molecule has 2 rings (SSSR count). The van der Waals surface area contributed by atoms with Gasteiger partial charge >= 0.3 is 0 Å². The van der Waals surface area contributed by atoms with Gasteiger partial charge < -0.3 is 15.8 Å². The van der Waals surface area contributed by atoms with Crippen molar-refractivity contribution in [2.24, 2.45) is 0 Å². The molecule has 5 heteroatoms. The maximum atomic E-state index is 6.09. The molecule has 0 aliphatic carbocycles. The highest BCUT2D eigenvalue weighted by Gasteiger charge is 2.38. The Hall–Kier alpha value is -0.840. The van der Waals surface area contributed by atoms with E-state index in [0.717, 1.165) is 38.0 Å². The molecule has 0 saturated carbocycles. The van der Waals surface area contributed by atoms with Crippen molar-refractivity contribution in [1.82, 2.24) is 10.3 Å². The molecule has 1 fully saturated rings. The number of halogens is 1. The van der Waals surface area contributed by atoms with Crippen LogP contribution in [0.1, 0.15) is 51.1 Å². The first-order valence-electron chi connectivity index (χ1n) is 7.35. The van der Waals surface area contributed by atoms with E-state index in [1.165, 1.54) is 6.42 Å². The summed E-state index contributed by atoms with van der Waals surface area (Å²) in [6.07, 6.45) is 5.95. The van der Waals surface area contributed by atoms with Gasteiger partial charge in [-0.15, -0.1) is 0 Å². The average molecular weight is 298 g/mol. The van der Waals surface area contributed by atoms with Crippen LogP contribution < -0.4 is 11.1 Å². The molecular weight excluding hydrogens is 274 g/mol. The summed E-state index contributed by atoms with van der Waals surface area (Å²) < 4.78 is 6.09. The van der Waals surface area contributed by atoms with Crippen molar-refractivity contribution in [2.45, 2.75) is 51.2 Å². The van der Waals surface area contributed by atoms with Crippen LogP contribution in [0.5, 0.6) is 0 Å². The predicted molar refractivity (Wildman–Crippen MR) is 82.9 cm³/mol. The first-order valence-corrected chi connectivity index (χ1v) is 7.73. The maximum Gasteiger partial charge on any atom is 0.128 e. The molecule has 0 aromatic carbocycles. The maximum absolute atomic E-state index is 6.09. The lowest BCUT2D eigenvalue weighted by Crippen LogP contribution is -2.46. The van der Waals surface area contributed by atoms with Crippen LogP contribution >= 0.6 is 11.6 Å². The van der Waals surface area contributed by atoms with Gasteiger partial charge in [-0.05, 0) is 45.2 Å². The molecule has 1 aromatic heterocycles. The van der Waals surface area contributed by atoms with Gasteiger partial charge in [0.1, 0.15) is 5.82 Å². The second-order valence-corrected chi connectivity index (χ2v) is 6.07. The number of aromatic nitrogens is 1. The van der Waals surface area contributed by atoms with Crippen molar-refractivity contribution in [2.75, 3.05) is 18.9 Å². The Morgan fingerprint density at radius 2 is 2.35 bits per heavy atom. The number of hydrogen-bond donors (Lipinski definition) is 2. The second kappa shape index (κ2) is 6.74. The Morgan fingerprint density at radius 3 is 3.00 bits per heavy atom. The normalized spacial score (nSPS) is 24.6. The fourth-order valence-corrected chi connectivity index (χ4v) is 2.99. The zero-order valence-electron chi connectivity index (χ0n) is 12.3. The van der Waals surface area contributed by atoms with E-state index in [2.05, 4.69) is 24.1 Å². The Morgan fingerprint density at radius 1 is 1.55 bits per heavy atom. The van der Waals surface area contributed by atoms with E-state index in [-0.39, 0.29) is 11.6 Å². The highest BCUT2D eigenvalue weighted by molar-refractivity contribution is 6.30. The number of hydrogen-bond acceptors (Lipinski definition) is 4. The summed E-state index contributed by atoms with van der Waals surface area (Å²) in [5.74, 6) is 0.526. The summed E-state index contributed by atoms with van der Waals surface area (Å²) in [6.45, 7) is 6.01. The third-order valence-corrected chi connectivity index (χ3v) is 4.14. The van der Waals surface area contributed by atoms with E-state index in [1.807, 2.05) is 6.07 Å². The number of pyridine rings is 1. The number of rotatable bonds is 5. The topological polar surface area (TPSA) is 60.2 Å². The summed E-state index contributed by atoms with van der Waals surface area (Å²) in [5.41, 5.74) is 6.75. The molecule has 112 valence electrons. The average Bonchev–Trinajstić information content (AvgIpc) is 2.43. The molecular formula is C15H24ClN3O. The van der Waals surface area contributed by atoms with E-state index in [1.54, 1.807) is 6.20 Å². The minimum Gasteiger partial charge on any atom is -0.383 e. The van der Waals surface area contributed by atoms with Crippen LogP contribution in [0.25, 0.3) is 0 Å². The lowest BCUT2D eigenvalue weighted by atomic mass is 9.84. The minimum absolute atomic E-state index is 0.0222. The van der Waals surface area contributed by atoms with Gasteiger partial charge in [0.15, 0.2) is 0 Å². The van der Waals surface area contributed by atoms with E-state index < -0.39 is 0 Å². The van der Waals surface area contributed by atoms with Gasteiger partial charge in [-0.1, -0.05) is 18.5 Å². The van der Waals surface area contributed by atoms with E-state index in [9.17, 15) is 0 Å². The number of nitrogen functional groups attached to an aromatic ring is 1. The number of nitrogens with zero attached hydrogens (tertiary/aromatic N) is 1. The Balaban J connectivity index is 2.33. The van der Waals surface area contributed by atoms with Gasteiger partial charge in [0, 0.05) is 18.4 Å². The summed E-state index contributed by atoms with van der Waals surface area (Å²) >= 11 is 6.09. The van der Waals surface area contributed by atoms with Crippen LogP contribution in [-0.2, 0) is 4.74 Å². The van der Waals surface area contributed by atoms with Gasteiger partial charge in [-0.3, -0.25) is 0 Å². The van der Waals surface area contributed by atoms with Crippen molar-refractivity contribution in [3.05, 3.63) is 22.8 Å². The molecule has 20 heavy (non-hydrogen) atoms. The lowest BCUT2D eigenvalue weighted by molar-refractivity contribution is -0.0896. The largest absolute Gasteiger partial charge is 0.383 e. The first-order chi connectivity index (χ1) is 9.57. The summed E-state index contributed by atoms with van der Waals surface area (Å²) in [7, 11) is 0. The number of nitrogens with two attached hydrogens (primary N) is 1. The van der Waals surface area contributed by atoms with Gasteiger partial charge in [0.05, 0.1) is 16.7 Å². The van der Waals surface area contributed by atoms with Crippen LogP contribution in [0.2, 0.25) is 5.02 Å². The Labute approximate surface area is 126 Å². The van der Waals surface area contributed by atoms with Crippen LogP contribution in [0, 0.1) is 0 Å². The Kier molecular flexibility index (Phi) is 5.24. The molecule has 1 aliphatic rings. The van der Waals surface area contributed by atoms with E-state index in [0.29, 0.717) is 10.8 Å². The fraction of sp³-hybridized carbons (Fsp3) is 0.667. The fourth-order valence-electron chi connectivity index (χ4n) is 2.82. The van der Waals surface area contributed by atoms with Gasteiger partial charge in [0.2, 0.25) is 0 Å². The first kappa shape index (κ1) is 15.5. The molecule has 1 saturated heterocycles. The monoisotopic (exact) mass is 297 g/mol. The highest BCUT2D eigenvalue weighted by Crippen LogP contribution is 2.38. The molecule has 1 aromatic rings. The zero-order chi connectivity index (χ0) is 14.6. The lowest BCUT2D eigenvalue weighted by Gasteiger charge is -2.41. The zero-order valence-corrected chi connectivity index (χ0v) is 13.0. The molecule has 3 N–H and O–H groups in total. The molecule has 4 nitrogen and oxygen atoms in total. The molecule has 0 radical (unpaired) electrons. The second-order valence-electron chi connectivity index (χ2n) is 5.63. The quantitative estimate of drug-likeness (QED) is 0.875. The van der Waals surface area contributed by atoms with Crippen molar-refractivity contribution in [3.63, 3.8) is 0 Å². The summed E-state index contributed by atoms with van der Waals surface area (Å²) in [6, 6.07) is 1.93. The van der Waals surface area contributed by atoms with Crippen molar-refractivity contribution in [3.8, 4) is 0 Å². The van der Waals surface area contributed by atoms with E-state index >= 15 is 0 Å². The standard InChI is InChI=1S/C15H24ClN3O/c1-3-7-18-13(15(2)6-4-5-8-20-15)12-9-11(16)10-19-14(12)17/h9-10,13,18H,3-8H2,1-2H3,(H2,17,19). The summed E-state index contributed by atoms with van der Waals surface area (Å²) in [5, 5.41) is 4.17. The minimum atomic E-state index is -0.256. The van der Waals surface area contributed by atoms with Gasteiger partial charge in [0.25, 0.3) is 0 Å². The van der Waals surface area contributed by atoms with Gasteiger partial charge in [-0.25, -0.2) is 4.98 Å². The van der Waals surface area contributed by atoms with Crippen LogP contribution in [-0.4, -0.2) is 23.7 Å². The molecule has 2 heterocycles. The van der Waals surface area contributed by atoms with Crippen LogP contribution in [0.15, 0.2) is 12.3 Å². The van der Waals surface area contributed by atoms with Crippen molar-refractivity contribution < 1.29 is 4.74 Å². The number of nitrogens with one attached hydrogen (secondary N) is 1. The number of anilines is 1. The predicted octanol–water partition coefficient (Wildman–Crippen LogP) is 3.32. The van der Waals surface area contributed by atoms with Crippen molar-refractivity contribution in [1.29, 1.82) is 0 Å². The van der Waals surface area contributed by atoms with Crippen LogP contribution in [0.3, 0.4) is 0 Å². The molecule has 1 aliphatic heterocycles. The van der Waals surface area contributed by atoms with E-state index in [4.69, 9.17) is 22.1 Å². The van der Waals surface area contributed by atoms with Crippen molar-refractivity contribution >= 4 is 17.4 Å². The number of ether oxygens (including phenoxy) is 1. The SMILES string of the molecule is CCCNC(c1cc(Cl)cnc1N)C1(C)CCCCO1. The highest BCUT2D eigenvalue weighted by atomic mass is 35.5. The molecule has 0 amide bonds. The molecule has 2 unspecified atom stereocenters. The van der Waals surface area contributed by atoms with Gasteiger partial charge in [-0.2, -0.15) is 0 Å².